The lowest BCUT2D eigenvalue weighted by Gasteiger charge is -2.10. The van der Waals surface area contributed by atoms with Crippen LogP contribution in [0.1, 0.15) is 16.7 Å². The molecule has 0 spiro atoms. The molecule has 2 aromatic carbocycles. The summed E-state index contributed by atoms with van der Waals surface area (Å²) in [6.07, 6.45) is 0. The minimum Gasteiger partial charge on any atom is -0.392 e. The molecule has 0 aliphatic carbocycles. The highest BCUT2D eigenvalue weighted by Gasteiger charge is 2.16. The molecule has 112 valence electrons. The van der Waals surface area contributed by atoms with Gasteiger partial charge < -0.3 is 5.11 Å². The molecule has 4 nitrogen and oxygen atoms in total. The van der Waals surface area contributed by atoms with Crippen molar-refractivity contribution < 1.29 is 13.5 Å². The van der Waals surface area contributed by atoms with Crippen LogP contribution in [0.25, 0.3) is 0 Å². The Labute approximate surface area is 133 Å². The van der Waals surface area contributed by atoms with Crippen LogP contribution in [0.5, 0.6) is 0 Å². The van der Waals surface area contributed by atoms with Crippen LogP contribution in [0.4, 0.5) is 0 Å². The first kappa shape index (κ1) is 16.2. The second-order valence-electron chi connectivity index (χ2n) is 4.71. The average Bonchev–Trinajstić information content (AvgIpc) is 2.48. The number of aryl methyl sites for hydroxylation is 1. The smallest absolute Gasteiger partial charge is 0.241 e. The van der Waals surface area contributed by atoms with Crippen LogP contribution < -0.4 is 4.72 Å². The standard InChI is InChI=1S/C15H16BrNO3S/c1-11-2-7-14(16)8-15(11)21(19,20)17-9-12-3-5-13(10-18)6-4-12/h2-8,17-18H,9-10H2,1H3. The summed E-state index contributed by atoms with van der Waals surface area (Å²) in [6, 6.07) is 12.3. The van der Waals surface area contributed by atoms with Gasteiger partial charge in [-0.25, -0.2) is 13.1 Å². The van der Waals surface area contributed by atoms with Crippen molar-refractivity contribution in [2.24, 2.45) is 0 Å². The first-order valence-corrected chi connectivity index (χ1v) is 8.64. The van der Waals surface area contributed by atoms with Crippen molar-refractivity contribution in [2.45, 2.75) is 25.0 Å². The van der Waals surface area contributed by atoms with Gasteiger partial charge in [0.25, 0.3) is 0 Å². The molecule has 0 atom stereocenters. The molecular weight excluding hydrogens is 354 g/mol. The zero-order valence-corrected chi connectivity index (χ0v) is 13.9. The number of hydrogen-bond acceptors (Lipinski definition) is 3. The molecule has 21 heavy (non-hydrogen) atoms. The normalized spacial score (nSPS) is 11.6. The van der Waals surface area contributed by atoms with Crippen molar-refractivity contribution >= 4 is 26.0 Å². The summed E-state index contributed by atoms with van der Waals surface area (Å²) in [5, 5.41) is 8.98. The highest BCUT2D eigenvalue weighted by atomic mass is 79.9. The van der Waals surface area contributed by atoms with Gasteiger partial charge >= 0.3 is 0 Å². The predicted octanol–water partition coefficient (Wildman–Crippen LogP) is 2.73. The maximum atomic E-state index is 12.3. The van der Waals surface area contributed by atoms with Crippen LogP contribution >= 0.6 is 15.9 Å². The third-order valence-electron chi connectivity index (χ3n) is 3.11. The Morgan fingerprint density at radius 1 is 1.10 bits per heavy atom. The van der Waals surface area contributed by atoms with E-state index in [0.29, 0.717) is 5.56 Å². The first-order chi connectivity index (χ1) is 9.92. The molecule has 0 radical (unpaired) electrons. The topological polar surface area (TPSA) is 66.4 Å². The number of halogens is 1. The first-order valence-electron chi connectivity index (χ1n) is 6.37. The highest BCUT2D eigenvalue weighted by molar-refractivity contribution is 9.10. The van der Waals surface area contributed by atoms with Gasteiger partial charge in [0, 0.05) is 11.0 Å². The van der Waals surface area contributed by atoms with Gasteiger partial charge in [-0.15, -0.1) is 0 Å². The molecule has 0 aliphatic rings. The van der Waals surface area contributed by atoms with Crippen LogP contribution in [0.2, 0.25) is 0 Å². The second kappa shape index (κ2) is 6.70. The lowest BCUT2D eigenvalue weighted by molar-refractivity contribution is 0.282. The molecule has 0 heterocycles. The largest absolute Gasteiger partial charge is 0.392 e. The van der Waals surface area contributed by atoms with Crippen LogP contribution in [-0.4, -0.2) is 13.5 Å². The Bertz CT molecular complexity index is 727. The van der Waals surface area contributed by atoms with E-state index in [0.717, 1.165) is 15.6 Å². The summed E-state index contributed by atoms with van der Waals surface area (Å²) in [6.45, 7) is 1.94. The van der Waals surface area contributed by atoms with E-state index in [1.807, 2.05) is 6.07 Å². The maximum Gasteiger partial charge on any atom is 0.241 e. The number of nitrogens with one attached hydrogen (secondary N) is 1. The van der Waals surface area contributed by atoms with E-state index in [9.17, 15) is 8.42 Å². The Balaban J connectivity index is 2.15. The van der Waals surface area contributed by atoms with E-state index in [4.69, 9.17) is 5.11 Å². The number of sulfonamides is 1. The van der Waals surface area contributed by atoms with E-state index in [2.05, 4.69) is 20.7 Å². The van der Waals surface area contributed by atoms with E-state index in [-0.39, 0.29) is 18.0 Å². The number of aliphatic hydroxyl groups excluding tert-OH is 1. The number of hydrogen-bond donors (Lipinski definition) is 2. The number of aliphatic hydroxyl groups is 1. The zero-order valence-electron chi connectivity index (χ0n) is 11.5. The Hall–Kier alpha value is -1.21. The molecule has 2 aromatic rings. The van der Waals surface area contributed by atoms with Gasteiger partial charge in [0.2, 0.25) is 10.0 Å². The van der Waals surface area contributed by atoms with Crippen LogP contribution in [0, 0.1) is 6.92 Å². The van der Waals surface area contributed by atoms with Crippen LogP contribution in [0.3, 0.4) is 0 Å². The van der Waals surface area contributed by atoms with Gasteiger partial charge in [-0.3, -0.25) is 0 Å². The van der Waals surface area contributed by atoms with Crippen molar-refractivity contribution in [2.75, 3.05) is 0 Å². The molecule has 0 fully saturated rings. The Morgan fingerprint density at radius 3 is 2.33 bits per heavy atom. The van der Waals surface area contributed by atoms with Gasteiger partial charge in [0.05, 0.1) is 11.5 Å². The second-order valence-corrected chi connectivity index (χ2v) is 7.36. The van der Waals surface area contributed by atoms with E-state index >= 15 is 0 Å². The van der Waals surface area contributed by atoms with Crippen molar-refractivity contribution in [1.82, 2.24) is 4.72 Å². The van der Waals surface area contributed by atoms with Crippen LogP contribution in [0.15, 0.2) is 51.8 Å². The average molecular weight is 370 g/mol. The van der Waals surface area contributed by atoms with Gasteiger partial charge in [-0.1, -0.05) is 46.3 Å². The molecular formula is C15H16BrNO3S. The SMILES string of the molecule is Cc1ccc(Br)cc1S(=O)(=O)NCc1ccc(CO)cc1. The molecule has 0 amide bonds. The molecule has 0 aliphatic heterocycles. The number of rotatable bonds is 5. The molecule has 2 rings (SSSR count). The summed E-state index contributed by atoms with van der Waals surface area (Å²) in [7, 11) is -3.56. The van der Waals surface area contributed by atoms with Crippen LogP contribution in [-0.2, 0) is 23.2 Å². The van der Waals surface area contributed by atoms with Crippen molar-refractivity contribution in [3.8, 4) is 0 Å². The summed E-state index contributed by atoms with van der Waals surface area (Å²) >= 11 is 3.28. The molecule has 0 aromatic heterocycles. The van der Waals surface area contributed by atoms with E-state index < -0.39 is 10.0 Å². The molecule has 2 N–H and O–H groups in total. The number of benzene rings is 2. The summed E-state index contributed by atoms with van der Waals surface area (Å²) in [4.78, 5) is 0.267. The molecule has 6 heteroatoms. The van der Waals surface area contributed by atoms with E-state index in [1.54, 1.807) is 43.3 Å². The molecule has 0 unspecified atom stereocenters. The Kier molecular flexibility index (Phi) is 5.16. The van der Waals surface area contributed by atoms with Gasteiger partial charge in [-0.05, 0) is 35.7 Å². The third kappa shape index (κ3) is 4.14. The molecule has 0 saturated heterocycles. The fraction of sp³-hybridized carbons (Fsp3) is 0.200. The lowest BCUT2D eigenvalue weighted by atomic mass is 10.1. The zero-order chi connectivity index (χ0) is 15.5. The minimum atomic E-state index is -3.56. The van der Waals surface area contributed by atoms with Crippen molar-refractivity contribution in [3.05, 3.63) is 63.6 Å². The molecule has 0 bridgehead atoms. The minimum absolute atomic E-state index is 0.0246. The fourth-order valence-corrected chi connectivity index (χ4v) is 3.68. The molecule has 0 saturated carbocycles. The monoisotopic (exact) mass is 369 g/mol. The van der Waals surface area contributed by atoms with Gasteiger partial charge in [-0.2, -0.15) is 0 Å². The van der Waals surface area contributed by atoms with E-state index in [1.165, 1.54) is 0 Å². The Morgan fingerprint density at radius 2 is 1.71 bits per heavy atom. The maximum absolute atomic E-state index is 12.3. The third-order valence-corrected chi connectivity index (χ3v) is 5.15. The summed E-state index contributed by atoms with van der Waals surface area (Å²) in [5.74, 6) is 0. The predicted molar refractivity (Wildman–Crippen MR) is 85.3 cm³/mol. The quantitative estimate of drug-likeness (QED) is 0.851. The van der Waals surface area contributed by atoms with Gasteiger partial charge in [0.15, 0.2) is 0 Å². The van der Waals surface area contributed by atoms with Gasteiger partial charge in [0.1, 0.15) is 0 Å². The summed E-state index contributed by atoms with van der Waals surface area (Å²) < 4.78 is 28.0. The fourth-order valence-electron chi connectivity index (χ4n) is 1.88. The lowest BCUT2D eigenvalue weighted by Crippen LogP contribution is -2.24. The van der Waals surface area contributed by atoms with Crippen molar-refractivity contribution in [1.29, 1.82) is 0 Å². The highest BCUT2D eigenvalue weighted by Crippen LogP contribution is 2.20. The van der Waals surface area contributed by atoms with Crippen molar-refractivity contribution in [3.63, 3.8) is 0 Å². The summed E-state index contributed by atoms with van der Waals surface area (Å²) in [5.41, 5.74) is 2.33.